The zero-order valence-corrected chi connectivity index (χ0v) is 45.7. The molecule has 3 atom stereocenters. The number of aliphatic carboxylic acids is 5. The predicted octanol–water partition coefficient (Wildman–Crippen LogP) is 14.9. The maximum absolute atomic E-state index is 11.1. The number of aliphatic hydroxyl groups excluding tert-OH is 1. The highest BCUT2D eigenvalue weighted by Crippen LogP contribution is 2.20. The molecular formula is C53H106N2O15. The lowest BCUT2D eigenvalue weighted by Crippen LogP contribution is -2.42. The fraction of sp³-hybridized carbons (Fsp3) is 0.906. The zero-order chi connectivity index (χ0) is 55.0. The van der Waals surface area contributed by atoms with Gasteiger partial charge in [-0.1, -0.05) is 197 Å². The molecule has 17 nitrogen and oxygen atoms in total. The van der Waals surface area contributed by atoms with E-state index in [1.807, 2.05) is 6.92 Å². The number of nitrogens with zero attached hydrogens (tertiary/aromatic N) is 2. The summed E-state index contributed by atoms with van der Waals surface area (Å²) in [4.78, 5) is 70.6. The van der Waals surface area contributed by atoms with E-state index in [9.17, 15) is 49.3 Å². The smallest absolute Gasteiger partial charge is 0.455 e. The first-order valence-corrected chi connectivity index (χ1v) is 27.2. The van der Waals surface area contributed by atoms with Gasteiger partial charge >= 0.3 is 35.5 Å². The molecule has 418 valence electrons. The number of rotatable bonds is 40. The molecule has 17 heteroatoms. The van der Waals surface area contributed by atoms with E-state index in [-0.39, 0.29) is 30.8 Å². The SMILES string of the molecule is CCC(C)([N+](=O)[O-])[N+](=O)[O-].CCC(CCCO)C(=O)O.CCCCCC(=O)O.CCCCCCC(CCCC)C(=O)O.CCCCCCCC(=O)O.CCCCCCCCC(CCCCCC)C(=O)O. The summed E-state index contributed by atoms with van der Waals surface area (Å²) in [5.41, 5.74) is -2.01. The molecule has 3 unspecified atom stereocenters. The predicted molar refractivity (Wildman–Crippen MR) is 280 cm³/mol. The Morgan fingerprint density at radius 3 is 0.914 bits per heavy atom. The number of hydrogen-bond donors (Lipinski definition) is 6. The van der Waals surface area contributed by atoms with Crippen LogP contribution in [0.1, 0.15) is 281 Å². The van der Waals surface area contributed by atoms with Gasteiger partial charge in [0, 0.05) is 19.4 Å². The highest BCUT2D eigenvalue weighted by atomic mass is 16.7. The number of carboxylic acids is 5. The number of carbonyl (C=O) groups is 5. The van der Waals surface area contributed by atoms with Crippen molar-refractivity contribution in [2.75, 3.05) is 6.61 Å². The summed E-state index contributed by atoms with van der Waals surface area (Å²) in [5, 5.41) is 71.6. The van der Waals surface area contributed by atoms with Crippen LogP contribution in [0.3, 0.4) is 0 Å². The lowest BCUT2D eigenvalue weighted by Gasteiger charge is -2.11. The maximum atomic E-state index is 11.1. The quantitative estimate of drug-likeness (QED) is 0.0144. The Morgan fingerprint density at radius 2 is 0.657 bits per heavy atom. The fourth-order valence-electron chi connectivity index (χ4n) is 6.61. The number of unbranched alkanes of at least 4 members (excludes halogenated alkanes) is 18. The molecular weight excluding hydrogens is 905 g/mol. The van der Waals surface area contributed by atoms with Gasteiger partial charge in [-0.2, -0.15) is 0 Å². The van der Waals surface area contributed by atoms with Crippen molar-refractivity contribution in [3.05, 3.63) is 20.2 Å². The summed E-state index contributed by atoms with van der Waals surface area (Å²) in [6.45, 7) is 17.2. The van der Waals surface area contributed by atoms with Crippen LogP contribution < -0.4 is 0 Å². The van der Waals surface area contributed by atoms with Crippen LogP contribution in [0.5, 0.6) is 0 Å². The minimum Gasteiger partial charge on any atom is -0.481 e. The van der Waals surface area contributed by atoms with Crippen LogP contribution in [-0.2, 0) is 24.0 Å². The van der Waals surface area contributed by atoms with Gasteiger partial charge in [0.2, 0.25) is 0 Å². The molecule has 0 saturated carbocycles. The van der Waals surface area contributed by atoms with Gasteiger partial charge in [-0.3, -0.25) is 44.2 Å². The van der Waals surface area contributed by atoms with Crippen molar-refractivity contribution in [3.63, 3.8) is 0 Å². The molecule has 0 saturated heterocycles. The molecule has 0 aliphatic heterocycles. The van der Waals surface area contributed by atoms with Gasteiger partial charge in [-0.25, -0.2) is 0 Å². The zero-order valence-electron chi connectivity index (χ0n) is 45.7. The van der Waals surface area contributed by atoms with E-state index >= 15 is 0 Å². The van der Waals surface area contributed by atoms with Crippen molar-refractivity contribution in [2.24, 2.45) is 17.8 Å². The fourth-order valence-corrected chi connectivity index (χ4v) is 6.61. The van der Waals surface area contributed by atoms with Crippen LogP contribution in [0.15, 0.2) is 0 Å². The average Bonchev–Trinajstić information content (AvgIpc) is 3.31. The number of nitro groups is 2. The molecule has 0 amide bonds. The first-order chi connectivity index (χ1) is 33.1. The molecule has 0 aliphatic carbocycles. The molecule has 0 rings (SSSR count). The highest BCUT2D eigenvalue weighted by molar-refractivity contribution is 5.70. The molecule has 0 heterocycles. The lowest BCUT2D eigenvalue weighted by molar-refractivity contribution is -0.792. The molecule has 0 fully saturated rings. The van der Waals surface area contributed by atoms with Gasteiger partial charge in [0.1, 0.15) is 0 Å². The summed E-state index contributed by atoms with van der Waals surface area (Å²) in [6, 6.07) is 0. The van der Waals surface area contributed by atoms with Crippen LogP contribution in [0.25, 0.3) is 0 Å². The molecule has 0 aromatic heterocycles. The van der Waals surface area contributed by atoms with Gasteiger partial charge in [0.05, 0.1) is 40.9 Å². The maximum Gasteiger partial charge on any atom is 0.455 e. The Bertz CT molecular complexity index is 1220. The van der Waals surface area contributed by atoms with Crippen molar-refractivity contribution in [2.45, 2.75) is 286 Å². The van der Waals surface area contributed by atoms with E-state index < -0.39 is 45.4 Å². The Balaban J connectivity index is -0.000000180. The Morgan fingerprint density at radius 1 is 0.400 bits per heavy atom. The van der Waals surface area contributed by atoms with E-state index in [0.717, 1.165) is 96.8 Å². The standard InChI is InChI=1S/C16H32O2.C12H24O2.C8H16O2.C7H14O3.C6H12O2.C4H8N2O4/c1-3-5-7-9-10-12-14-15(16(17)18)13-11-8-6-4-2;1-3-5-7-8-10-11(12(13)14)9-6-4-2;1-2-3-4-5-6-7-8(9)10;1-2-6(7(9)10)4-3-5-8;1-2-3-4-5-6(7)8;1-3-4(2,5(7)8)6(9)10/h15H,3-14H2,1-2H3,(H,17,18);11H,3-10H2,1-2H3,(H,13,14);2-7H2,1H3,(H,9,10);6,8H,2-5H2,1H3,(H,9,10);2-5H2,1H3,(H,7,8);3H2,1-2H3. The third-order valence-corrected chi connectivity index (χ3v) is 11.8. The first kappa shape index (κ1) is 77.6. The summed E-state index contributed by atoms with van der Waals surface area (Å²) in [5.74, 6) is -3.74. The van der Waals surface area contributed by atoms with Crippen molar-refractivity contribution in [1.82, 2.24) is 0 Å². The van der Waals surface area contributed by atoms with Gasteiger partial charge < -0.3 is 30.6 Å². The molecule has 0 bridgehead atoms. The van der Waals surface area contributed by atoms with Crippen molar-refractivity contribution in [1.29, 1.82) is 0 Å². The summed E-state index contributed by atoms with van der Waals surface area (Å²) < 4.78 is 0. The van der Waals surface area contributed by atoms with E-state index in [0.29, 0.717) is 32.1 Å². The van der Waals surface area contributed by atoms with Crippen LogP contribution >= 0.6 is 0 Å². The van der Waals surface area contributed by atoms with Crippen LogP contribution in [0.2, 0.25) is 0 Å². The number of hydrogen-bond acceptors (Lipinski definition) is 10. The minimum atomic E-state index is -2.01. The van der Waals surface area contributed by atoms with Crippen molar-refractivity contribution >= 4 is 29.8 Å². The molecule has 6 N–H and O–H groups in total. The van der Waals surface area contributed by atoms with Crippen LogP contribution in [-0.4, -0.2) is 82.6 Å². The largest absolute Gasteiger partial charge is 0.481 e. The van der Waals surface area contributed by atoms with Crippen LogP contribution in [0.4, 0.5) is 0 Å². The van der Waals surface area contributed by atoms with E-state index in [1.165, 1.54) is 96.8 Å². The van der Waals surface area contributed by atoms with E-state index in [2.05, 4.69) is 41.5 Å². The monoisotopic (exact) mass is 1010 g/mol. The Labute approximate surface area is 424 Å². The van der Waals surface area contributed by atoms with E-state index in [1.54, 1.807) is 0 Å². The lowest BCUT2D eigenvalue weighted by atomic mass is 9.94. The second-order valence-corrected chi connectivity index (χ2v) is 18.3. The van der Waals surface area contributed by atoms with Crippen molar-refractivity contribution in [3.8, 4) is 0 Å². The second kappa shape index (κ2) is 59.4. The summed E-state index contributed by atoms with van der Waals surface area (Å²) >= 11 is 0. The third-order valence-electron chi connectivity index (χ3n) is 11.8. The molecule has 0 aromatic rings. The summed E-state index contributed by atoms with van der Waals surface area (Å²) in [6.07, 6.45) is 33.4. The normalized spacial score (nSPS) is 11.6. The minimum absolute atomic E-state index is 0.0871. The van der Waals surface area contributed by atoms with Crippen molar-refractivity contribution < 1.29 is 64.5 Å². The van der Waals surface area contributed by atoms with Crippen LogP contribution in [0, 0.1) is 38.0 Å². The molecule has 0 radical (unpaired) electrons. The Kier molecular flexibility index (Phi) is 65.8. The number of carboxylic acid groups (broad SMARTS) is 5. The third kappa shape index (κ3) is 60.2. The van der Waals surface area contributed by atoms with E-state index in [4.69, 9.17) is 25.5 Å². The average molecular weight is 1010 g/mol. The first-order valence-electron chi connectivity index (χ1n) is 27.2. The van der Waals surface area contributed by atoms with Gasteiger partial charge in [0.25, 0.3) is 0 Å². The molecule has 0 spiro atoms. The number of aliphatic hydroxyl groups is 1. The Hall–Kier alpha value is -3.89. The van der Waals surface area contributed by atoms with Gasteiger partial charge in [-0.05, 0) is 57.8 Å². The molecule has 0 aliphatic rings. The topological polar surface area (TPSA) is 293 Å². The highest BCUT2D eigenvalue weighted by Gasteiger charge is 2.48. The van der Waals surface area contributed by atoms with Gasteiger partial charge in [-0.15, -0.1) is 0 Å². The summed E-state index contributed by atoms with van der Waals surface area (Å²) in [7, 11) is 0. The second-order valence-electron chi connectivity index (χ2n) is 18.3. The molecule has 0 aromatic carbocycles. The van der Waals surface area contributed by atoms with Gasteiger partial charge in [0.15, 0.2) is 0 Å². The molecule has 70 heavy (non-hydrogen) atoms.